The van der Waals surface area contributed by atoms with Crippen LogP contribution >= 0.6 is 0 Å². The van der Waals surface area contributed by atoms with E-state index >= 15 is 0 Å². The molecule has 0 heterocycles. The quantitative estimate of drug-likeness (QED) is 0.856. The molecule has 6 heteroatoms. The van der Waals surface area contributed by atoms with Crippen LogP contribution in [0.2, 0.25) is 0 Å². The monoisotopic (exact) mass is 274 g/mol. The van der Waals surface area contributed by atoms with Crippen molar-refractivity contribution in [1.29, 1.82) is 0 Å². The average Bonchev–Trinajstić information content (AvgIpc) is 2.29. The Bertz CT molecular complexity index is 471. The van der Waals surface area contributed by atoms with Crippen LogP contribution in [0.5, 0.6) is 0 Å². The fraction of sp³-hybridized carbons (Fsp3) is 0.500. The second-order valence-electron chi connectivity index (χ2n) is 4.31. The number of hydrogen-bond acceptors (Lipinski definition) is 3. The van der Waals surface area contributed by atoms with E-state index < -0.39 is 15.8 Å². The summed E-state index contributed by atoms with van der Waals surface area (Å²) in [5.74, 6) is -0.452. The summed E-state index contributed by atoms with van der Waals surface area (Å²) in [5.41, 5.74) is 5.41. The van der Waals surface area contributed by atoms with Crippen molar-refractivity contribution in [1.82, 2.24) is 4.31 Å². The van der Waals surface area contributed by atoms with Crippen molar-refractivity contribution in [3.63, 3.8) is 0 Å². The zero-order chi connectivity index (χ0) is 13.8. The molecule has 0 aliphatic carbocycles. The summed E-state index contributed by atoms with van der Waals surface area (Å²) in [6.45, 7) is 4.41. The summed E-state index contributed by atoms with van der Waals surface area (Å²) >= 11 is 0. The Morgan fingerprint density at radius 3 is 2.28 bits per heavy atom. The van der Waals surface area contributed by atoms with Gasteiger partial charge in [-0.15, -0.1) is 0 Å². The fourth-order valence-corrected chi connectivity index (χ4v) is 3.32. The molecule has 0 unspecified atom stereocenters. The van der Waals surface area contributed by atoms with Gasteiger partial charge in [-0.3, -0.25) is 0 Å². The first-order valence-corrected chi connectivity index (χ1v) is 7.31. The molecule has 1 aromatic carbocycles. The minimum atomic E-state index is -3.58. The minimum absolute atomic E-state index is 0.106. The van der Waals surface area contributed by atoms with Crippen LogP contribution in [-0.2, 0) is 10.0 Å². The van der Waals surface area contributed by atoms with E-state index in [1.807, 2.05) is 0 Å². The molecule has 0 saturated carbocycles. The number of benzene rings is 1. The first-order chi connectivity index (χ1) is 8.39. The van der Waals surface area contributed by atoms with Gasteiger partial charge in [-0.05, 0) is 51.1 Å². The van der Waals surface area contributed by atoms with Crippen molar-refractivity contribution in [3.05, 3.63) is 30.1 Å². The molecular formula is C12H19FN2O2S. The molecule has 4 nitrogen and oxygen atoms in total. The van der Waals surface area contributed by atoms with Gasteiger partial charge in [0.15, 0.2) is 0 Å². The number of nitrogens with zero attached hydrogens (tertiary/aromatic N) is 1. The molecule has 0 spiro atoms. The number of halogens is 1. The Hall–Kier alpha value is -0.980. The van der Waals surface area contributed by atoms with Crippen LogP contribution < -0.4 is 5.73 Å². The maximum atomic E-state index is 12.8. The third-order valence-corrected chi connectivity index (χ3v) is 4.67. The van der Waals surface area contributed by atoms with E-state index in [1.54, 1.807) is 13.8 Å². The number of nitrogens with two attached hydrogens (primary N) is 1. The lowest BCUT2D eigenvalue weighted by atomic mass is 10.3. The predicted octanol–water partition coefficient (Wildman–Crippen LogP) is 1.57. The van der Waals surface area contributed by atoms with Crippen molar-refractivity contribution in [2.45, 2.75) is 31.2 Å². The van der Waals surface area contributed by atoms with Gasteiger partial charge in [-0.25, -0.2) is 12.8 Å². The highest BCUT2D eigenvalue weighted by Crippen LogP contribution is 2.18. The normalized spacial score (nSPS) is 12.3. The molecule has 0 bridgehead atoms. The summed E-state index contributed by atoms with van der Waals surface area (Å²) in [4.78, 5) is 0.106. The van der Waals surface area contributed by atoms with Crippen molar-refractivity contribution >= 4 is 10.0 Å². The van der Waals surface area contributed by atoms with E-state index in [0.717, 1.165) is 12.1 Å². The van der Waals surface area contributed by atoms with Crippen LogP contribution in [0.1, 0.15) is 20.3 Å². The summed E-state index contributed by atoms with van der Waals surface area (Å²) in [7, 11) is -3.58. The van der Waals surface area contributed by atoms with E-state index in [1.165, 1.54) is 16.4 Å². The first-order valence-electron chi connectivity index (χ1n) is 5.87. The van der Waals surface area contributed by atoms with Crippen molar-refractivity contribution in [2.24, 2.45) is 5.73 Å². The van der Waals surface area contributed by atoms with Crippen LogP contribution in [0.15, 0.2) is 29.2 Å². The molecule has 0 aliphatic rings. The molecule has 0 aromatic heterocycles. The van der Waals surface area contributed by atoms with E-state index in [4.69, 9.17) is 5.73 Å². The average molecular weight is 274 g/mol. The molecule has 1 aromatic rings. The standard InChI is InChI=1S/C12H19FN2O2S/c1-10(2)15(9-3-8-14)18(16,17)12-6-4-11(13)5-7-12/h4-7,10H,3,8-9,14H2,1-2H3. The molecule has 1 rings (SSSR count). The molecule has 2 N–H and O–H groups in total. The van der Waals surface area contributed by atoms with Gasteiger partial charge >= 0.3 is 0 Å². The maximum absolute atomic E-state index is 12.8. The highest BCUT2D eigenvalue weighted by atomic mass is 32.2. The lowest BCUT2D eigenvalue weighted by Crippen LogP contribution is -2.38. The molecule has 0 atom stereocenters. The third-order valence-electron chi connectivity index (χ3n) is 2.58. The summed E-state index contributed by atoms with van der Waals surface area (Å²) in [6.07, 6.45) is 0.596. The Kier molecular flexibility index (Phi) is 5.25. The number of hydrogen-bond donors (Lipinski definition) is 1. The molecule has 0 aliphatic heterocycles. The van der Waals surface area contributed by atoms with Gasteiger partial charge in [0.25, 0.3) is 0 Å². The van der Waals surface area contributed by atoms with Crippen LogP contribution in [-0.4, -0.2) is 31.9 Å². The number of sulfonamides is 1. The molecular weight excluding hydrogens is 255 g/mol. The fourth-order valence-electron chi connectivity index (χ4n) is 1.65. The van der Waals surface area contributed by atoms with Crippen LogP contribution in [0.25, 0.3) is 0 Å². The van der Waals surface area contributed by atoms with Crippen molar-refractivity contribution < 1.29 is 12.8 Å². The summed E-state index contributed by atoms with van der Waals surface area (Å²) in [5, 5.41) is 0. The molecule has 0 saturated heterocycles. The molecule has 0 amide bonds. The van der Waals surface area contributed by atoms with Crippen LogP contribution in [0, 0.1) is 5.82 Å². The maximum Gasteiger partial charge on any atom is 0.243 e. The Morgan fingerprint density at radius 2 is 1.83 bits per heavy atom. The second kappa shape index (κ2) is 6.26. The zero-order valence-electron chi connectivity index (χ0n) is 10.6. The first kappa shape index (κ1) is 15.1. The largest absolute Gasteiger partial charge is 0.330 e. The van der Waals surface area contributed by atoms with Gasteiger partial charge in [-0.1, -0.05) is 0 Å². The second-order valence-corrected chi connectivity index (χ2v) is 6.20. The van der Waals surface area contributed by atoms with Crippen molar-refractivity contribution in [3.8, 4) is 0 Å². The van der Waals surface area contributed by atoms with Crippen molar-refractivity contribution in [2.75, 3.05) is 13.1 Å². The van der Waals surface area contributed by atoms with Gasteiger partial charge in [0, 0.05) is 12.6 Å². The van der Waals surface area contributed by atoms with Gasteiger partial charge < -0.3 is 5.73 Å². The molecule has 102 valence electrons. The SMILES string of the molecule is CC(C)N(CCCN)S(=O)(=O)c1ccc(F)cc1. The van der Waals surface area contributed by atoms with Crippen LogP contribution in [0.4, 0.5) is 4.39 Å². The molecule has 0 fully saturated rings. The van der Waals surface area contributed by atoms with Gasteiger partial charge in [0.05, 0.1) is 4.90 Å². The summed E-state index contributed by atoms with van der Waals surface area (Å²) in [6, 6.07) is 4.69. The highest BCUT2D eigenvalue weighted by molar-refractivity contribution is 7.89. The Morgan fingerprint density at radius 1 is 1.28 bits per heavy atom. The van der Waals surface area contributed by atoms with Gasteiger partial charge in [0.1, 0.15) is 5.82 Å². The topological polar surface area (TPSA) is 63.4 Å². The van der Waals surface area contributed by atoms with Gasteiger partial charge in [-0.2, -0.15) is 4.31 Å². The molecule has 0 radical (unpaired) electrons. The predicted molar refractivity (Wildman–Crippen MR) is 69.1 cm³/mol. The smallest absolute Gasteiger partial charge is 0.243 e. The zero-order valence-corrected chi connectivity index (χ0v) is 11.5. The van der Waals surface area contributed by atoms with Gasteiger partial charge in [0.2, 0.25) is 10.0 Å². The summed E-state index contributed by atoms with van der Waals surface area (Å²) < 4.78 is 38.9. The van der Waals surface area contributed by atoms with E-state index in [0.29, 0.717) is 19.5 Å². The van der Waals surface area contributed by atoms with Crippen LogP contribution in [0.3, 0.4) is 0 Å². The Labute approximate surface area is 108 Å². The number of rotatable bonds is 6. The van der Waals surface area contributed by atoms with E-state index in [9.17, 15) is 12.8 Å². The van der Waals surface area contributed by atoms with E-state index in [-0.39, 0.29) is 10.9 Å². The lowest BCUT2D eigenvalue weighted by molar-refractivity contribution is 0.351. The third kappa shape index (κ3) is 3.51. The Balaban J connectivity index is 3.05. The highest BCUT2D eigenvalue weighted by Gasteiger charge is 2.26. The minimum Gasteiger partial charge on any atom is -0.330 e. The molecule has 18 heavy (non-hydrogen) atoms. The lowest BCUT2D eigenvalue weighted by Gasteiger charge is -2.25. The van der Waals surface area contributed by atoms with E-state index in [2.05, 4.69) is 0 Å².